The van der Waals surface area contributed by atoms with Crippen LogP contribution in [-0.4, -0.2) is 14.5 Å². The number of imidazole rings is 1. The highest BCUT2D eigenvalue weighted by molar-refractivity contribution is 6.29. The molecule has 78 valence electrons. The SMILES string of the molecule is Clc1nc2ccncc2n1-c1ccccc1. The maximum atomic E-state index is 6.13. The van der Waals surface area contributed by atoms with Crippen molar-refractivity contribution in [3.8, 4) is 5.69 Å². The predicted octanol–water partition coefficient (Wildman–Crippen LogP) is 3.07. The van der Waals surface area contributed by atoms with Crippen LogP contribution in [0.3, 0.4) is 0 Å². The number of para-hydroxylation sites is 1. The van der Waals surface area contributed by atoms with Crippen LogP contribution < -0.4 is 0 Å². The van der Waals surface area contributed by atoms with E-state index in [2.05, 4.69) is 9.97 Å². The van der Waals surface area contributed by atoms with Crippen molar-refractivity contribution in [2.24, 2.45) is 0 Å². The normalized spacial score (nSPS) is 10.8. The Bertz CT molecular complexity index is 631. The second-order valence-electron chi connectivity index (χ2n) is 3.42. The Morgan fingerprint density at radius 1 is 1.06 bits per heavy atom. The standard InChI is InChI=1S/C12H8ClN3/c13-12-15-10-6-7-14-8-11(10)16(12)9-4-2-1-3-5-9/h1-8H. The molecule has 16 heavy (non-hydrogen) atoms. The number of hydrogen-bond acceptors (Lipinski definition) is 2. The fraction of sp³-hybridized carbons (Fsp3) is 0. The summed E-state index contributed by atoms with van der Waals surface area (Å²) in [5.74, 6) is 0. The molecule has 0 saturated heterocycles. The molecule has 3 aromatic rings. The first-order valence-electron chi connectivity index (χ1n) is 4.89. The fourth-order valence-electron chi connectivity index (χ4n) is 1.72. The molecule has 0 spiro atoms. The van der Waals surface area contributed by atoms with Crippen LogP contribution in [0.5, 0.6) is 0 Å². The van der Waals surface area contributed by atoms with Crippen LogP contribution in [0.4, 0.5) is 0 Å². The van der Waals surface area contributed by atoms with E-state index in [0.29, 0.717) is 5.28 Å². The molecule has 1 aromatic carbocycles. The Kier molecular flexibility index (Phi) is 2.11. The van der Waals surface area contributed by atoms with E-state index < -0.39 is 0 Å². The summed E-state index contributed by atoms with van der Waals surface area (Å²) >= 11 is 6.13. The third-order valence-electron chi connectivity index (χ3n) is 2.43. The van der Waals surface area contributed by atoms with Crippen LogP contribution in [0.2, 0.25) is 5.28 Å². The second kappa shape index (κ2) is 3.61. The van der Waals surface area contributed by atoms with Crippen LogP contribution >= 0.6 is 11.6 Å². The highest BCUT2D eigenvalue weighted by Gasteiger charge is 2.09. The van der Waals surface area contributed by atoms with E-state index in [1.165, 1.54) is 0 Å². The lowest BCUT2D eigenvalue weighted by Crippen LogP contribution is -1.93. The molecule has 0 aliphatic rings. The molecule has 0 bridgehead atoms. The summed E-state index contributed by atoms with van der Waals surface area (Å²) < 4.78 is 1.88. The van der Waals surface area contributed by atoms with Gasteiger partial charge in [-0.3, -0.25) is 9.55 Å². The van der Waals surface area contributed by atoms with E-state index in [0.717, 1.165) is 16.7 Å². The second-order valence-corrected chi connectivity index (χ2v) is 3.75. The van der Waals surface area contributed by atoms with Crippen LogP contribution in [0, 0.1) is 0 Å². The van der Waals surface area contributed by atoms with E-state index in [1.807, 2.05) is 41.0 Å². The average Bonchev–Trinajstić information content (AvgIpc) is 2.66. The molecular formula is C12H8ClN3. The molecule has 0 aliphatic heterocycles. The molecule has 0 aliphatic carbocycles. The van der Waals surface area contributed by atoms with E-state index in [1.54, 1.807) is 12.4 Å². The van der Waals surface area contributed by atoms with Crippen LogP contribution in [0.15, 0.2) is 48.8 Å². The third kappa shape index (κ3) is 1.37. The zero-order valence-electron chi connectivity index (χ0n) is 8.34. The van der Waals surface area contributed by atoms with Gasteiger partial charge in [0.15, 0.2) is 0 Å². The van der Waals surface area contributed by atoms with Crippen LogP contribution in [-0.2, 0) is 0 Å². The first-order chi connectivity index (χ1) is 7.86. The van der Waals surface area contributed by atoms with Crippen LogP contribution in [0.1, 0.15) is 0 Å². The molecule has 0 radical (unpaired) electrons. The number of nitrogens with zero attached hydrogens (tertiary/aromatic N) is 3. The van der Waals surface area contributed by atoms with Gasteiger partial charge in [0.05, 0.1) is 17.2 Å². The number of pyridine rings is 1. The number of hydrogen-bond donors (Lipinski definition) is 0. The van der Waals surface area contributed by atoms with Gasteiger partial charge in [0.25, 0.3) is 0 Å². The van der Waals surface area contributed by atoms with Gasteiger partial charge in [-0.2, -0.15) is 0 Å². The highest BCUT2D eigenvalue weighted by Crippen LogP contribution is 2.23. The number of fused-ring (bicyclic) bond motifs is 1. The maximum absolute atomic E-state index is 6.13. The molecule has 0 N–H and O–H groups in total. The van der Waals surface area contributed by atoms with Crippen molar-refractivity contribution in [2.75, 3.05) is 0 Å². The lowest BCUT2D eigenvalue weighted by molar-refractivity contribution is 1.09. The van der Waals surface area contributed by atoms with E-state index in [4.69, 9.17) is 11.6 Å². The summed E-state index contributed by atoms with van der Waals surface area (Å²) in [5, 5.41) is 0.453. The van der Waals surface area contributed by atoms with Gasteiger partial charge < -0.3 is 0 Å². The molecule has 0 fully saturated rings. The van der Waals surface area contributed by atoms with Gasteiger partial charge in [-0.1, -0.05) is 18.2 Å². The summed E-state index contributed by atoms with van der Waals surface area (Å²) in [5.41, 5.74) is 2.76. The van der Waals surface area contributed by atoms with Crippen molar-refractivity contribution in [3.05, 3.63) is 54.1 Å². The minimum Gasteiger partial charge on any atom is -0.282 e. The zero-order chi connectivity index (χ0) is 11.0. The molecule has 0 atom stereocenters. The van der Waals surface area contributed by atoms with E-state index >= 15 is 0 Å². The van der Waals surface area contributed by atoms with Gasteiger partial charge in [-0.05, 0) is 29.8 Å². The van der Waals surface area contributed by atoms with Gasteiger partial charge in [-0.15, -0.1) is 0 Å². The molecule has 0 amide bonds. The highest BCUT2D eigenvalue weighted by atomic mass is 35.5. The van der Waals surface area contributed by atoms with Gasteiger partial charge in [0, 0.05) is 11.9 Å². The monoisotopic (exact) mass is 229 g/mol. The van der Waals surface area contributed by atoms with Gasteiger partial charge >= 0.3 is 0 Å². The van der Waals surface area contributed by atoms with Crippen molar-refractivity contribution in [3.63, 3.8) is 0 Å². The maximum Gasteiger partial charge on any atom is 0.208 e. The zero-order valence-corrected chi connectivity index (χ0v) is 9.09. The number of rotatable bonds is 1. The average molecular weight is 230 g/mol. The largest absolute Gasteiger partial charge is 0.282 e. The Balaban J connectivity index is 2.35. The molecule has 0 saturated carbocycles. The third-order valence-corrected chi connectivity index (χ3v) is 2.68. The summed E-state index contributed by atoms with van der Waals surface area (Å²) in [7, 11) is 0. The number of halogens is 1. The van der Waals surface area contributed by atoms with Gasteiger partial charge in [-0.25, -0.2) is 4.98 Å². The first kappa shape index (κ1) is 9.36. The van der Waals surface area contributed by atoms with Crippen molar-refractivity contribution in [1.82, 2.24) is 14.5 Å². The van der Waals surface area contributed by atoms with Crippen LogP contribution in [0.25, 0.3) is 16.7 Å². The van der Waals surface area contributed by atoms with E-state index in [9.17, 15) is 0 Å². The van der Waals surface area contributed by atoms with Crippen molar-refractivity contribution >= 4 is 22.6 Å². The fourth-order valence-corrected chi connectivity index (χ4v) is 2.00. The molecular weight excluding hydrogens is 222 g/mol. The smallest absolute Gasteiger partial charge is 0.208 e. The Morgan fingerprint density at radius 3 is 2.69 bits per heavy atom. The quantitative estimate of drug-likeness (QED) is 0.642. The van der Waals surface area contributed by atoms with Crippen molar-refractivity contribution < 1.29 is 0 Å². The van der Waals surface area contributed by atoms with Gasteiger partial charge in [0.2, 0.25) is 5.28 Å². The lowest BCUT2D eigenvalue weighted by atomic mass is 10.3. The first-order valence-corrected chi connectivity index (χ1v) is 5.27. The molecule has 0 unspecified atom stereocenters. The Labute approximate surface area is 97.3 Å². The molecule has 3 nitrogen and oxygen atoms in total. The predicted molar refractivity (Wildman–Crippen MR) is 63.9 cm³/mol. The Morgan fingerprint density at radius 2 is 1.88 bits per heavy atom. The molecule has 2 aromatic heterocycles. The number of benzene rings is 1. The molecule has 2 heterocycles. The number of aromatic nitrogens is 3. The summed E-state index contributed by atoms with van der Waals surface area (Å²) in [4.78, 5) is 8.37. The minimum atomic E-state index is 0.453. The topological polar surface area (TPSA) is 30.7 Å². The van der Waals surface area contributed by atoms with Crippen molar-refractivity contribution in [2.45, 2.75) is 0 Å². The molecule has 3 rings (SSSR count). The summed E-state index contributed by atoms with van der Waals surface area (Å²) in [6.07, 6.45) is 3.47. The van der Waals surface area contributed by atoms with E-state index in [-0.39, 0.29) is 0 Å². The minimum absolute atomic E-state index is 0.453. The summed E-state index contributed by atoms with van der Waals surface area (Å²) in [6, 6.07) is 11.7. The Hall–Kier alpha value is -1.87. The lowest BCUT2D eigenvalue weighted by Gasteiger charge is -2.04. The van der Waals surface area contributed by atoms with Gasteiger partial charge in [0.1, 0.15) is 0 Å². The summed E-state index contributed by atoms with van der Waals surface area (Å²) in [6.45, 7) is 0. The van der Waals surface area contributed by atoms with Crippen molar-refractivity contribution in [1.29, 1.82) is 0 Å². The molecule has 4 heteroatoms.